The van der Waals surface area contributed by atoms with E-state index < -0.39 is 0 Å². The first-order valence-corrected chi connectivity index (χ1v) is 7.27. The first-order chi connectivity index (χ1) is 8.74. The number of benzene rings is 1. The van der Waals surface area contributed by atoms with Gasteiger partial charge >= 0.3 is 0 Å². The molecule has 1 saturated carbocycles. The largest absolute Gasteiger partial charge is 0.487 e. The van der Waals surface area contributed by atoms with E-state index in [9.17, 15) is 0 Å². The van der Waals surface area contributed by atoms with Crippen LogP contribution in [-0.2, 0) is 0 Å². The van der Waals surface area contributed by atoms with E-state index in [1.165, 1.54) is 25.7 Å². The van der Waals surface area contributed by atoms with Gasteiger partial charge in [0.05, 0.1) is 0 Å². The molecule has 0 unspecified atom stereocenters. The Balaban J connectivity index is 1.85. The van der Waals surface area contributed by atoms with Crippen molar-refractivity contribution < 1.29 is 4.74 Å². The molecule has 18 heavy (non-hydrogen) atoms. The van der Waals surface area contributed by atoms with Crippen molar-refractivity contribution >= 4 is 11.6 Å². The van der Waals surface area contributed by atoms with Gasteiger partial charge in [-0.1, -0.05) is 18.5 Å². The van der Waals surface area contributed by atoms with Crippen molar-refractivity contribution in [3.8, 4) is 5.75 Å². The lowest BCUT2D eigenvalue weighted by Crippen LogP contribution is -2.45. The second-order valence-corrected chi connectivity index (χ2v) is 5.53. The number of nitrogens with one attached hydrogen (secondary N) is 1. The molecular weight excluding hydrogens is 246 g/mol. The summed E-state index contributed by atoms with van der Waals surface area (Å²) in [6.45, 7) is 4.33. The van der Waals surface area contributed by atoms with Crippen molar-refractivity contribution in [3.63, 3.8) is 0 Å². The van der Waals surface area contributed by atoms with E-state index in [4.69, 9.17) is 16.3 Å². The lowest BCUT2D eigenvalue weighted by atomic mass is 9.77. The van der Waals surface area contributed by atoms with E-state index in [0.717, 1.165) is 30.3 Å². The van der Waals surface area contributed by atoms with Gasteiger partial charge in [0, 0.05) is 5.02 Å². The predicted molar refractivity (Wildman–Crippen MR) is 76.4 cm³/mol. The van der Waals surface area contributed by atoms with Crippen LogP contribution in [0.1, 0.15) is 39.0 Å². The van der Waals surface area contributed by atoms with Crippen molar-refractivity contribution in [3.05, 3.63) is 29.3 Å². The number of hydrogen-bond acceptors (Lipinski definition) is 2. The van der Waals surface area contributed by atoms with E-state index in [0.29, 0.717) is 0 Å². The van der Waals surface area contributed by atoms with Gasteiger partial charge in [-0.2, -0.15) is 0 Å². The fourth-order valence-electron chi connectivity index (χ4n) is 2.34. The van der Waals surface area contributed by atoms with E-state index in [1.807, 2.05) is 24.3 Å². The highest BCUT2D eigenvalue weighted by Gasteiger charge is 2.38. The lowest BCUT2D eigenvalue weighted by Gasteiger charge is -2.42. The second-order valence-electron chi connectivity index (χ2n) is 5.09. The Hall–Kier alpha value is -0.730. The minimum Gasteiger partial charge on any atom is -0.487 e. The number of halogens is 1. The van der Waals surface area contributed by atoms with Gasteiger partial charge in [0.15, 0.2) is 0 Å². The molecule has 0 radical (unpaired) electrons. The first-order valence-electron chi connectivity index (χ1n) is 6.89. The average Bonchev–Trinajstić information content (AvgIpc) is 2.34. The van der Waals surface area contributed by atoms with Gasteiger partial charge in [0.25, 0.3) is 0 Å². The van der Waals surface area contributed by atoms with Crippen molar-refractivity contribution in [1.29, 1.82) is 0 Å². The molecule has 0 heterocycles. The summed E-state index contributed by atoms with van der Waals surface area (Å²) < 4.78 is 6.17. The third kappa shape index (κ3) is 3.63. The molecule has 0 atom stereocenters. The smallest absolute Gasteiger partial charge is 0.120 e. The van der Waals surface area contributed by atoms with Gasteiger partial charge in [-0.25, -0.2) is 0 Å². The van der Waals surface area contributed by atoms with Crippen LogP contribution >= 0.6 is 11.6 Å². The van der Waals surface area contributed by atoms with Gasteiger partial charge in [-0.3, -0.25) is 0 Å². The van der Waals surface area contributed by atoms with E-state index in [-0.39, 0.29) is 5.60 Å². The van der Waals surface area contributed by atoms with Crippen LogP contribution in [0.3, 0.4) is 0 Å². The normalized spacial score (nSPS) is 17.2. The van der Waals surface area contributed by atoms with Crippen LogP contribution in [0.2, 0.25) is 5.02 Å². The third-order valence-electron chi connectivity index (χ3n) is 3.60. The van der Waals surface area contributed by atoms with Crippen molar-refractivity contribution in [2.75, 3.05) is 13.1 Å². The molecule has 2 rings (SSSR count). The molecule has 0 saturated heterocycles. The van der Waals surface area contributed by atoms with Crippen molar-refractivity contribution in [1.82, 2.24) is 5.32 Å². The van der Waals surface area contributed by atoms with Crippen LogP contribution in [0.5, 0.6) is 5.75 Å². The number of rotatable bonds is 7. The van der Waals surface area contributed by atoms with E-state index >= 15 is 0 Å². The summed E-state index contributed by atoms with van der Waals surface area (Å²) >= 11 is 5.88. The lowest BCUT2D eigenvalue weighted by molar-refractivity contribution is -0.0141. The standard InChI is InChI=1S/C15H22ClNO/c1-2-11-17-12-10-15(8-3-9-15)18-14-6-4-13(16)5-7-14/h4-7,17H,2-3,8-12H2,1H3. The molecule has 1 N–H and O–H groups in total. The minimum absolute atomic E-state index is 0.0641. The summed E-state index contributed by atoms with van der Waals surface area (Å²) in [6, 6.07) is 7.70. The van der Waals surface area contributed by atoms with Crippen LogP contribution in [0.25, 0.3) is 0 Å². The van der Waals surface area contributed by atoms with Gasteiger partial charge in [0.1, 0.15) is 11.4 Å². The molecule has 1 aliphatic carbocycles. The Morgan fingerprint density at radius 1 is 1.22 bits per heavy atom. The van der Waals surface area contributed by atoms with Crippen molar-refractivity contribution in [2.45, 2.75) is 44.6 Å². The molecule has 1 aliphatic rings. The van der Waals surface area contributed by atoms with Crippen LogP contribution in [0.15, 0.2) is 24.3 Å². The van der Waals surface area contributed by atoms with Crippen LogP contribution in [0.4, 0.5) is 0 Å². The van der Waals surface area contributed by atoms with Crippen molar-refractivity contribution in [2.24, 2.45) is 0 Å². The predicted octanol–water partition coefficient (Wildman–Crippen LogP) is 4.03. The maximum Gasteiger partial charge on any atom is 0.120 e. The quantitative estimate of drug-likeness (QED) is 0.753. The molecule has 1 aromatic rings. The third-order valence-corrected chi connectivity index (χ3v) is 3.85. The zero-order chi connectivity index (χ0) is 12.8. The maximum atomic E-state index is 6.17. The Labute approximate surface area is 115 Å². The zero-order valence-electron chi connectivity index (χ0n) is 11.0. The molecular formula is C15H22ClNO. The molecule has 0 amide bonds. The maximum absolute atomic E-state index is 6.17. The Morgan fingerprint density at radius 3 is 2.50 bits per heavy atom. The average molecular weight is 268 g/mol. The summed E-state index contributed by atoms with van der Waals surface area (Å²) in [5.74, 6) is 0.939. The highest BCUT2D eigenvalue weighted by Crippen LogP contribution is 2.39. The molecule has 0 aliphatic heterocycles. The second kappa shape index (κ2) is 6.44. The molecule has 2 nitrogen and oxygen atoms in total. The molecule has 0 spiro atoms. The Bertz CT molecular complexity index is 359. The summed E-state index contributed by atoms with van der Waals surface area (Å²) in [5.41, 5.74) is 0.0641. The van der Waals surface area contributed by atoms with Gasteiger partial charge < -0.3 is 10.1 Å². The number of ether oxygens (including phenoxy) is 1. The van der Waals surface area contributed by atoms with Crippen LogP contribution < -0.4 is 10.1 Å². The minimum atomic E-state index is 0.0641. The van der Waals surface area contributed by atoms with Gasteiger partial charge in [0.2, 0.25) is 0 Å². The summed E-state index contributed by atoms with van der Waals surface area (Å²) in [6.07, 6.45) is 5.90. The Kier molecular flexibility index (Phi) is 4.90. The highest BCUT2D eigenvalue weighted by molar-refractivity contribution is 6.30. The van der Waals surface area contributed by atoms with E-state index in [1.54, 1.807) is 0 Å². The Morgan fingerprint density at radius 2 is 1.94 bits per heavy atom. The first kappa shape index (κ1) is 13.7. The molecule has 0 bridgehead atoms. The molecule has 1 fully saturated rings. The molecule has 3 heteroatoms. The SMILES string of the molecule is CCCNCCC1(Oc2ccc(Cl)cc2)CCC1. The zero-order valence-corrected chi connectivity index (χ0v) is 11.8. The monoisotopic (exact) mass is 267 g/mol. The van der Waals surface area contributed by atoms with Gasteiger partial charge in [-0.05, 0) is 69.5 Å². The van der Waals surface area contributed by atoms with E-state index in [2.05, 4.69) is 12.2 Å². The molecule has 100 valence electrons. The summed E-state index contributed by atoms with van der Waals surface area (Å²) in [7, 11) is 0. The fourth-order valence-corrected chi connectivity index (χ4v) is 2.47. The summed E-state index contributed by atoms with van der Waals surface area (Å²) in [5, 5.41) is 4.21. The van der Waals surface area contributed by atoms with Crippen LogP contribution in [-0.4, -0.2) is 18.7 Å². The fraction of sp³-hybridized carbons (Fsp3) is 0.600. The topological polar surface area (TPSA) is 21.3 Å². The summed E-state index contributed by atoms with van der Waals surface area (Å²) in [4.78, 5) is 0. The van der Waals surface area contributed by atoms with Gasteiger partial charge in [-0.15, -0.1) is 0 Å². The molecule has 0 aromatic heterocycles. The number of hydrogen-bond donors (Lipinski definition) is 1. The highest BCUT2D eigenvalue weighted by atomic mass is 35.5. The molecule has 1 aromatic carbocycles. The van der Waals surface area contributed by atoms with Crippen LogP contribution in [0, 0.1) is 0 Å².